The molecule has 0 amide bonds. The van der Waals surface area contributed by atoms with Gasteiger partial charge >= 0.3 is 0 Å². The molecule has 0 spiro atoms. The van der Waals surface area contributed by atoms with E-state index in [4.69, 9.17) is 14.6 Å². The number of ether oxygens (including phenoxy) is 2. The first-order valence-corrected chi connectivity index (χ1v) is 7.02. The lowest BCUT2D eigenvalue weighted by Crippen LogP contribution is -2.00. The maximum Gasteiger partial charge on any atom is 0.130 e. The molecule has 2 aromatic carbocycles. The third kappa shape index (κ3) is 2.88. The van der Waals surface area contributed by atoms with Crippen molar-refractivity contribution in [3.63, 3.8) is 0 Å². The number of benzene rings is 2. The summed E-state index contributed by atoms with van der Waals surface area (Å²) in [6, 6.07) is 8.09. The molecule has 21 heavy (non-hydrogen) atoms. The predicted molar refractivity (Wildman–Crippen MR) is 86.3 cm³/mol. The minimum atomic E-state index is 0.0755. The highest BCUT2D eigenvalue weighted by Crippen LogP contribution is 2.40. The molecule has 0 aliphatic rings. The molecule has 0 aliphatic carbocycles. The first kappa shape index (κ1) is 15.4. The molecule has 3 nitrogen and oxygen atoms in total. The summed E-state index contributed by atoms with van der Waals surface area (Å²) < 4.78 is 11.3. The predicted octanol–water partition coefficient (Wildman–Crippen LogP) is 3.65. The van der Waals surface area contributed by atoms with E-state index in [1.54, 1.807) is 14.2 Å². The van der Waals surface area contributed by atoms with Crippen LogP contribution in [0.3, 0.4) is 0 Å². The van der Waals surface area contributed by atoms with Gasteiger partial charge in [-0.1, -0.05) is 35.9 Å². The zero-order valence-corrected chi connectivity index (χ0v) is 13.1. The Morgan fingerprint density at radius 3 is 2.19 bits per heavy atom. The Morgan fingerprint density at radius 2 is 1.67 bits per heavy atom. The van der Waals surface area contributed by atoms with Crippen LogP contribution in [0.15, 0.2) is 35.9 Å². The van der Waals surface area contributed by atoms with Crippen molar-refractivity contribution in [2.45, 2.75) is 20.3 Å². The minimum absolute atomic E-state index is 0.0755. The molecule has 0 heterocycles. The zero-order chi connectivity index (χ0) is 15.4. The second kappa shape index (κ2) is 6.64. The van der Waals surface area contributed by atoms with Crippen LogP contribution in [0.4, 0.5) is 0 Å². The molecule has 0 saturated carbocycles. The zero-order valence-electron chi connectivity index (χ0n) is 13.1. The third-order valence-electron chi connectivity index (χ3n) is 3.80. The Morgan fingerprint density at radius 1 is 1.10 bits per heavy atom. The van der Waals surface area contributed by atoms with Crippen molar-refractivity contribution in [3.8, 4) is 11.5 Å². The number of hydrogen-bond donors (Lipinski definition) is 1. The van der Waals surface area contributed by atoms with E-state index in [1.165, 1.54) is 0 Å². The molecule has 0 fully saturated rings. The topological polar surface area (TPSA) is 38.7 Å². The highest BCUT2D eigenvalue weighted by Gasteiger charge is 2.17. The van der Waals surface area contributed by atoms with E-state index in [-0.39, 0.29) is 6.61 Å². The molecule has 2 rings (SSSR count). The maximum absolute atomic E-state index is 9.16. The molecule has 0 aromatic heterocycles. The van der Waals surface area contributed by atoms with Crippen molar-refractivity contribution >= 4 is 10.8 Å². The van der Waals surface area contributed by atoms with Gasteiger partial charge in [-0.2, -0.15) is 0 Å². The molecule has 1 N–H and O–H groups in total. The van der Waals surface area contributed by atoms with E-state index < -0.39 is 0 Å². The van der Waals surface area contributed by atoms with Crippen LogP contribution < -0.4 is 9.47 Å². The largest absolute Gasteiger partial charge is 0.496 e. The summed E-state index contributed by atoms with van der Waals surface area (Å²) in [6.45, 7) is 4.04. The Bertz CT molecular complexity index is 672. The Kier molecular flexibility index (Phi) is 4.86. The number of fused-ring (bicyclic) bond motifs is 1. The van der Waals surface area contributed by atoms with E-state index in [2.05, 4.69) is 0 Å². The van der Waals surface area contributed by atoms with Gasteiger partial charge in [0.05, 0.1) is 20.8 Å². The van der Waals surface area contributed by atoms with E-state index in [0.717, 1.165) is 39.0 Å². The summed E-state index contributed by atoms with van der Waals surface area (Å²) in [6.07, 6.45) is 2.74. The first-order valence-electron chi connectivity index (χ1n) is 7.02. The average molecular weight is 286 g/mol. The van der Waals surface area contributed by atoms with Crippen molar-refractivity contribution in [2.24, 2.45) is 0 Å². The van der Waals surface area contributed by atoms with Crippen LogP contribution >= 0.6 is 0 Å². The van der Waals surface area contributed by atoms with Gasteiger partial charge in [0.25, 0.3) is 0 Å². The third-order valence-corrected chi connectivity index (χ3v) is 3.80. The smallest absolute Gasteiger partial charge is 0.130 e. The summed E-state index contributed by atoms with van der Waals surface area (Å²) in [5.74, 6) is 1.77. The minimum Gasteiger partial charge on any atom is -0.496 e. The van der Waals surface area contributed by atoms with E-state index in [0.29, 0.717) is 6.42 Å². The van der Waals surface area contributed by atoms with Gasteiger partial charge in [0.2, 0.25) is 0 Å². The normalized spacial score (nSPS) is 11.8. The highest BCUT2D eigenvalue weighted by molar-refractivity contribution is 5.96. The van der Waals surface area contributed by atoms with Crippen LogP contribution in [0.1, 0.15) is 18.1 Å². The van der Waals surface area contributed by atoms with Gasteiger partial charge in [0.15, 0.2) is 0 Å². The van der Waals surface area contributed by atoms with Crippen LogP contribution in [0.25, 0.3) is 10.8 Å². The van der Waals surface area contributed by atoms with Crippen LogP contribution in [0.2, 0.25) is 0 Å². The van der Waals surface area contributed by atoms with Gasteiger partial charge in [-0.25, -0.2) is 0 Å². The molecule has 0 saturated heterocycles. The lowest BCUT2D eigenvalue weighted by Gasteiger charge is -2.18. The monoisotopic (exact) mass is 286 g/mol. The van der Waals surface area contributed by atoms with Crippen LogP contribution in [0, 0.1) is 6.92 Å². The lowest BCUT2D eigenvalue weighted by atomic mass is 9.96. The van der Waals surface area contributed by atoms with Gasteiger partial charge in [-0.15, -0.1) is 0 Å². The standard InChI is InChI=1S/C18H22O3/c1-12(11-19)9-10-14-13(2)17(20-3)15-7-5-6-8-16(15)18(14)21-4/h5-9,19H,10-11H2,1-4H3/b12-9+. The van der Waals surface area contributed by atoms with Crippen LogP contribution in [0.5, 0.6) is 11.5 Å². The van der Waals surface area contributed by atoms with E-state index in [9.17, 15) is 0 Å². The van der Waals surface area contributed by atoms with Gasteiger partial charge in [-0.3, -0.25) is 0 Å². The second-order valence-electron chi connectivity index (χ2n) is 5.13. The fourth-order valence-corrected chi connectivity index (χ4v) is 2.63. The maximum atomic E-state index is 9.16. The highest BCUT2D eigenvalue weighted by atomic mass is 16.5. The quantitative estimate of drug-likeness (QED) is 0.853. The summed E-state index contributed by atoms with van der Waals surface area (Å²) in [7, 11) is 3.39. The summed E-state index contributed by atoms with van der Waals surface area (Å²) in [5.41, 5.74) is 3.12. The van der Waals surface area contributed by atoms with E-state index >= 15 is 0 Å². The van der Waals surface area contributed by atoms with Crippen molar-refractivity contribution in [2.75, 3.05) is 20.8 Å². The number of rotatable bonds is 5. The van der Waals surface area contributed by atoms with Crippen LogP contribution in [-0.2, 0) is 6.42 Å². The second-order valence-corrected chi connectivity index (χ2v) is 5.13. The molecule has 0 unspecified atom stereocenters. The Hall–Kier alpha value is -2.00. The molecular weight excluding hydrogens is 264 g/mol. The Balaban J connectivity index is 2.71. The molecule has 0 atom stereocenters. The van der Waals surface area contributed by atoms with Crippen LogP contribution in [-0.4, -0.2) is 25.9 Å². The van der Waals surface area contributed by atoms with Gasteiger partial charge < -0.3 is 14.6 Å². The number of aliphatic hydroxyl groups excluding tert-OH is 1. The van der Waals surface area contributed by atoms with Crippen molar-refractivity contribution in [1.29, 1.82) is 0 Å². The molecule has 3 heteroatoms. The van der Waals surface area contributed by atoms with Crippen molar-refractivity contribution in [3.05, 3.63) is 47.0 Å². The molecule has 0 radical (unpaired) electrons. The molecular formula is C18H22O3. The summed E-state index contributed by atoms with van der Waals surface area (Å²) in [4.78, 5) is 0. The first-order chi connectivity index (χ1) is 10.1. The fraction of sp³-hybridized carbons (Fsp3) is 0.333. The van der Waals surface area contributed by atoms with Crippen molar-refractivity contribution < 1.29 is 14.6 Å². The number of hydrogen-bond acceptors (Lipinski definition) is 3. The number of allylic oxidation sites excluding steroid dienone is 1. The molecule has 2 aromatic rings. The summed E-state index contributed by atoms with van der Waals surface area (Å²) in [5, 5.41) is 11.3. The summed E-state index contributed by atoms with van der Waals surface area (Å²) >= 11 is 0. The van der Waals surface area contributed by atoms with Gasteiger partial charge in [-0.05, 0) is 25.8 Å². The molecule has 112 valence electrons. The van der Waals surface area contributed by atoms with Gasteiger partial charge in [0.1, 0.15) is 11.5 Å². The van der Waals surface area contributed by atoms with Gasteiger partial charge in [0, 0.05) is 16.3 Å². The molecule has 0 aliphatic heterocycles. The lowest BCUT2D eigenvalue weighted by molar-refractivity contribution is 0.331. The SMILES string of the molecule is COc1c(C)c(C/C=C(\C)CO)c(OC)c2ccccc12. The number of aliphatic hydroxyl groups is 1. The Labute approximate surface area is 125 Å². The molecule has 0 bridgehead atoms. The number of methoxy groups -OCH3 is 2. The average Bonchev–Trinajstić information content (AvgIpc) is 2.52. The van der Waals surface area contributed by atoms with E-state index in [1.807, 2.05) is 44.2 Å². The van der Waals surface area contributed by atoms with Crippen molar-refractivity contribution in [1.82, 2.24) is 0 Å². The fourth-order valence-electron chi connectivity index (χ4n) is 2.63.